The first-order valence-corrected chi connectivity index (χ1v) is 3.12. The molecule has 0 radical (unpaired) electrons. The summed E-state index contributed by atoms with van der Waals surface area (Å²) >= 11 is 0. The molecule has 56 valence electrons. The highest BCUT2D eigenvalue weighted by molar-refractivity contribution is 5.66. The van der Waals surface area contributed by atoms with Gasteiger partial charge >= 0.3 is 0 Å². The van der Waals surface area contributed by atoms with E-state index in [2.05, 4.69) is 23.3 Å². The van der Waals surface area contributed by atoms with Crippen LogP contribution < -0.4 is 5.73 Å². The van der Waals surface area contributed by atoms with Crippen LogP contribution in [0.25, 0.3) is 6.08 Å². The van der Waals surface area contributed by atoms with Crippen molar-refractivity contribution in [2.75, 3.05) is 5.73 Å². The average Bonchev–Trinajstić information content (AvgIpc) is 2.04. The predicted molar refractivity (Wildman–Crippen MR) is 47.9 cm³/mol. The Kier molecular flexibility index (Phi) is 2.01. The van der Waals surface area contributed by atoms with Crippen LogP contribution in [-0.4, -0.2) is 11.7 Å². The second-order valence-electron chi connectivity index (χ2n) is 2.03. The molecule has 2 N–H and O–H groups in total. The molecule has 0 aliphatic carbocycles. The lowest BCUT2D eigenvalue weighted by molar-refractivity contribution is 1.31. The molecule has 0 saturated carbocycles. The molecule has 1 rings (SSSR count). The molecule has 11 heavy (non-hydrogen) atoms. The first-order chi connectivity index (χ1) is 5.27. The maximum atomic E-state index is 5.44. The van der Waals surface area contributed by atoms with Crippen LogP contribution in [0.4, 0.5) is 11.5 Å². The van der Waals surface area contributed by atoms with Gasteiger partial charge in [-0.1, -0.05) is 12.7 Å². The highest BCUT2D eigenvalue weighted by atomic mass is 14.8. The molecule has 1 aromatic heterocycles. The number of aromatic nitrogens is 1. The van der Waals surface area contributed by atoms with Gasteiger partial charge in [0, 0.05) is 5.56 Å². The molecule has 0 spiro atoms. The third-order valence-electron chi connectivity index (χ3n) is 1.33. The van der Waals surface area contributed by atoms with Crippen molar-refractivity contribution in [3.05, 3.63) is 24.4 Å². The Morgan fingerprint density at radius 3 is 2.91 bits per heavy atom. The zero-order valence-electron chi connectivity index (χ0n) is 6.12. The van der Waals surface area contributed by atoms with Crippen LogP contribution in [0.1, 0.15) is 5.56 Å². The molecular formula is C8H9N3. The van der Waals surface area contributed by atoms with Gasteiger partial charge in [0.1, 0.15) is 5.82 Å². The zero-order valence-corrected chi connectivity index (χ0v) is 6.12. The molecule has 0 aliphatic rings. The minimum absolute atomic E-state index is 0.465. The standard InChI is InChI=1S/C8H9N3/c1-3-6-4-8(9)11-5-7(6)10-2/h3-5H,1-2H2,(H2,9,11). The summed E-state index contributed by atoms with van der Waals surface area (Å²) < 4.78 is 0. The number of nitrogen functional groups attached to an aromatic ring is 1. The maximum Gasteiger partial charge on any atom is 0.124 e. The van der Waals surface area contributed by atoms with Crippen molar-refractivity contribution in [2.45, 2.75) is 0 Å². The highest BCUT2D eigenvalue weighted by Crippen LogP contribution is 2.19. The lowest BCUT2D eigenvalue weighted by Crippen LogP contribution is -1.89. The number of pyridine rings is 1. The minimum Gasteiger partial charge on any atom is -0.384 e. The van der Waals surface area contributed by atoms with Crippen LogP contribution in [0.5, 0.6) is 0 Å². The number of aliphatic imine (C=N–C) groups is 1. The van der Waals surface area contributed by atoms with Gasteiger partial charge < -0.3 is 5.73 Å². The van der Waals surface area contributed by atoms with Gasteiger partial charge in [-0.05, 0) is 12.8 Å². The number of nitrogens with two attached hydrogens (primary N) is 1. The predicted octanol–water partition coefficient (Wildman–Crippen LogP) is 1.64. The molecule has 0 bridgehead atoms. The van der Waals surface area contributed by atoms with Gasteiger partial charge in [-0.2, -0.15) is 0 Å². The van der Waals surface area contributed by atoms with Gasteiger partial charge in [0.05, 0.1) is 11.9 Å². The monoisotopic (exact) mass is 147 g/mol. The first kappa shape index (κ1) is 7.47. The van der Waals surface area contributed by atoms with Crippen LogP contribution in [0.3, 0.4) is 0 Å². The number of hydrogen-bond donors (Lipinski definition) is 1. The van der Waals surface area contributed by atoms with Gasteiger partial charge in [0.25, 0.3) is 0 Å². The maximum absolute atomic E-state index is 5.44. The molecule has 0 fully saturated rings. The normalized spacial score (nSPS) is 9.09. The van der Waals surface area contributed by atoms with Gasteiger partial charge in [-0.25, -0.2) is 4.98 Å². The van der Waals surface area contributed by atoms with E-state index in [1.54, 1.807) is 18.3 Å². The summed E-state index contributed by atoms with van der Waals surface area (Å²) in [6.45, 7) is 7.00. The van der Waals surface area contributed by atoms with Crippen molar-refractivity contribution in [3.8, 4) is 0 Å². The Bertz CT molecular complexity index is 291. The van der Waals surface area contributed by atoms with Crippen molar-refractivity contribution in [2.24, 2.45) is 4.99 Å². The second-order valence-corrected chi connectivity index (χ2v) is 2.03. The SMILES string of the molecule is C=Cc1cc(N)ncc1N=C. The van der Waals surface area contributed by atoms with E-state index in [-0.39, 0.29) is 0 Å². The summed E-state index contributed by atoms with van der Waals surface area (Å²) in [5, 5.41) is 0. The molecule has 0 unspecified atom stereocenters. The summed E-state index contributed by atoms with van der Waals surface area (Å²) in [6, 6.07) is 1.71. The van der Waals surface area contributed by atoms with Crippen LogP contribution in [-0.2, 0) is 0 Å². The van der Waals surface area contributed by atoms with Gasteiger partial charge in [-0.15, -0.1) is 0 Å². The van der Waals surface area contributed by atoms with E-state index in [1.165, 1.54) is 0 Å². The highest BCUT2D eigenvalue weighted by Gasteiger charge is 1.96. The molecule has 0 aromatic carbocycles. The Morgan fingerprint density at radius 1 is 1.64 bits per heavy atom. The topological polar surface area (TPSA) is 51.3 Å². The lowest BCUT2D eigenvalue weighted by Gasteiger charge is -1.98. The van der Waals surface area contributed by atoms with Gasteiger partial charge in [0.15, 0.2) is 0 Å². The number of rotatable bonds is 2. The summed E-state index contributed by atoms with van der Waals surface area (Å²) in [5.41, 5.74) is 6.99. The fourth-order valence-corrected chi connectivity index (χ4v) is 0.776. The molecule has 3 heteroatoms. The van der Waals surface area contributed by atoms with E-state index >= 15 is 0 Å². The molecule has 0 aliphatic heterocycles. The van der Waals surface area contributed by atoms with Gasteiger partial charge in [-0.3, -0.25) is 4.99 Å². The van der Waals surface area contributed by atoms with Crippen LogP contribution in [0.15, 0.2) is 23.8 Å². The summed E-state index contributed by atoms with van der Waals surface area (Å²) in [6.07, 6.45) is 3.24. The van der Waals surface area contributed by atoms with E-state index in [1.807, 2.05) is 0 Å². The zero-order chi connectivity index (χ0) is 8.27. The summed E-state index contributed by atoms with van der Waals surface area (Å²) in [4.78, 5) is 7.60. The Labute approximate surface area is 65.3 Å². The number of hydrogen-bond acceptors (Lipinski definition) is 3. The first-order valence-electron chi connectivity index (χ1n) is 3.12. The van der Waals surface area contributed by atoms with Gasteiger partial charge in [0.2, 0.25) is 0 Å². The molecular weight excluding hydrogens is 138 g/mol. The lowest BCUT2D eigenvalue weighted by atomic mass is 10.2. The number of anilines is 1. The van der Waals surface area contributed by atoms with E-state index in [0.29, 0.717) is 11.5 Å². The molecule has 0 amide bonds. The minimum atomic E-state index is 0.465. The molecule has 0 saturated heterocycles. The van der Waals surface area contributed by atoms with Crippen molar-refractivity contribution >= 4 is 24.3 Å². The van der Waals surface area contributed by atoms with Crippen molar-refractivity contribution < 1.29 is 0 Å². The second kappa shape index (κ2) is 2.96. The molecule has 1 aromatic rings. The third kappa shape index (κ3) is 1.43. The quantitative estimate of drug-likeness (QED) is 0.646. The van der Waals surface area contributed by atoms with Crippen molar-refractivity contribution in [3.63, 3.8) is 0 Å². The van der Waals surface area contributed by atoms with E-state index in [0.717, 1.165) is 5.56 Å². The molecule has 3 nitrogen and oxygen atoms in total. The molecule has 0 atom stereocenters. The summed E-state index contributed by atoms with van der Waals surface area (Å²) in [7, 11) is 0. The number of nitrogens with zero attached hydrogens (tertiary/aromatic N) is 2. The van der Waals surface area contributed by atoms with Crippen molar-refractivity contribution in [1.29, 1.82) is 0 Å². The van der Waals surface area contributed by atoms with Crippen LogP contribution in [0, 0.1) is 0 Å². The fraction of sp³-hybridized carbons (Fsp3) is 0. The van der Waals surface area contributed by atoms with E-state index in [9.17, 15) is 0 Å². The fourth-order valence-electron chi connectivity index (χ4n) is 0.776. The van der Waals surface area contributed by atoms with E-state index < -0.39 is 0 Å². The Morgan fingerprint density at radius 2 is 2.36 bits per heavy atom. The van der Waals surface area contributed by atoms with Crippen LogP contribution in [0.2, 0.25) is 0 Å². The van der Waals surface area contributed by atoms with Crippen molar-refractivity contribution in [1.82, 2.24) is 4.98 Å². The smallest absolute Gasteiger partial charge is 0.124 e. The van der Waals surface area contributed by atoms with Crippen LogP contribution >= 0.6 is 0 Å². The van der Waals surface area contributed by atoms with E-state index in [4.69, 9.17) is 5.73 Å². The Hall–Kier alpha value is -1.64. The Balaban J connectivity index is 3.26. The largest absolute Gasteiger partial charge is 0.384 e. The third-order valence-corrected chi connectivity index (χ3v) is 1.33. The molecule has 1 heterocycles. The average molecular weight is 147 g/mol. The summed E-state index contributed by atoms with van der Waals surface area (Å²) in [5.74, 6) is 0.465.